The normalized spacial score (nSPS) is 15.7. The average molecular weight is 380 g/mol. The SMILES string of the molecule is CCC(C)NC(=O)c1cc(NC(=O)C(C)(C)CCl)ccc1N1CCCC1. The quantitative estimate of drug-likeness (QED) is 0.703. The maximum atomic E-state index is 12.8. The number of benzene rings is 1. The smallest absolute Gasteiger partial charge is 0.253 e. The third-order valence-corrected chi connectivity index (χ3v) is 5.55. The van der Waals surface area contributed by atoms with E-state index in [-0.39, 0.29) is 23.7 Å². The van der Waals surface area contributed by atoms with Crippen molar-refractivity contribution >= 4 is 34.8 Å². The maximum absolute atomic E-state index is 12.8. The van der Waals surface area contributed by atoms with E-state index in [1.165, 1.54) is 0 Å². The summed E-state index contributed by atoms with van der Waals surface area (Å²) in [6.45, 7) is 9.53. The molecule has 1 heterocycles. The van der Waals surface area contributed by atoms with Crippen LogP contribution >= 0.6 is 11.6 Å². The van der Waals surface area contributed by atoms with Crippen LogP contribution in [-0.4, -0.2) is 36.8 Å². The zero-order chi connectivity index (χ0) is 19.3. The van der Waals surface area contributed by atoms with Crippen molar-refractivity contribution in [3.63, 3.8) is 0 Å². The van der Waals surface area contributed by atoms with Crippen molar-refractivity contribution < 1.29 is 9.59 Å². The molecule has 1 fully saturated rings. The molecule has 26 heavy (non-hydrogen) atoms. The van der Waals surface area contributed by atoms with Gasteiger partial charge in [0.15, 0.2) is 0 Å². The molecule has 1 aromatic rings. The van der Waals surface area contributed by atoms with Crippen LogP contribution in [0.5, 0.6) is 0 Å². The minimum atomic E-state index is -0.672. The number of rotatable bonds is 7. The summed E-state index contributed by atoms with van der Waals surface area (Å²) in [6, 6.07) is 5.66. The van der Waals surface area contributed by atoms with Crippen LogP contribution in [-0.2, 0) is 4.79 Å². The van der Waals surface area contributed by atoms with Crippen LogP contribution in [0, 0.1) is 5.41 Å². The van der Waals surface area contributed by atoms with Crippen LogP contribution in [0.15, 0.2) is 18.2 Å². The third-order valence-electron chi connectivity index (χ3n) is 4.88. The Bertz CT molecular complexity index is 654. The zero-order valence-electron chi connectivity index (χ0n) is 16.2. The number of amides is 2. The van der Waals surface area contributed by atoms with Gasteiger partial charge in [0.25, 0.3) is 5.91 Å². The number of hydrogen-bond donors (Lipinski definition) is 2. The van der Waals surface area contributed by atoms with E-state index in [1.54, 1.807) is 19.9 Å². The van der Waals surface area contributed by atoms with Gasteiger partial charge in [-0.05, 0) is 58.2 Å². The maximum Gasteiger partial charge on any atom is 0.253 e. The Morgan fingerprint density at radius 3 is 2.50 bits per heavy atom. The van der Waals surface area contributed by atoms with Gasteiger partial charge in [0.1, 0.15) is 0 Å². The highest BCUT2D eigenvalue weighted by atomic mass is 35.5. The number of carbonyl (C=O) groups is 2. The van der Waals surface area contributed by atoms with Crippen LogP contribution < -0.4 is 15.5 Å². The van der Waals surface area contributed by atoms with Gasteiger partial charge in [-0.3, -0.25) is 9.59 Å². The highest BCUT2D eigenvalue weighted by Crippen LogP contribution is 2.29. The van der Waals surface area contributed by atoms with Crippen molar-refractivity contribution in [3.8, 4) is 0 Å². The van der Waals surface area contributed by atoms with Gasteiger partial charge in [0.2, 0.25) is 5.91 Å². The molecule has 0 spiro atoms. The monoisotopic (exact) mass is 379 g/mol. The molecule has 1 unspecified atom stereocenters. The van der Waals surface area contributed by atoms with Gasteiger partial charge in [0.05, 0.1) is 11.0 Å². The van der Waals surface area contributed by atoms with E-state index in [2.05, 4.69) is 15.5 Å². The first-order valence-electron chi connectivity index (χ1n) is 9.35. The Labute approximate surface area is 161 Å². The van der Waals surface area contributed by atoms with Gasteiger partial charge < -0.3 is 15.5 Å². The number of carbonyl (C=O) groups excluding carboxylic acids is 2. The summed E-state index contributed by atoms with van der Waals surface area (Å²) >= 11 is 5.89. The number of nitrogens with one attached hydrogen (secondary N) is 2. The van der Waals surface area contributed by atoms with E-state index in [1.807, 2.05) is 26.0 Å². The molecule has 0 saturated carbocycles. The lowest BCUT2D eigenvalue weighted by atomic mass is 9.95. The summed E-state index contributed by atoms with van der Waals surface area (Å²) in [4.78, 5) is 27.5. The van der Waals surface area contributed by atoms with Gasteiger partial charge in [-0.25, -0.2) is 0 Å². The van der Waals surface area contributed by atoms with E-state index in [0.29, 0.717) is 11.3 Å². The second-order valence-corrected chi connectivity index (χ2v) is 7.95. The molecule has 1 aromatic carbocycles. The first-order valence-corrected chi connectivity index (χ1v) is 9.89. The fourth-order valence-corrected chi connectivity index (χ4v) is 2.92. The molecule has 0 radical (unpaired) electrons. The summed E-state index contributed by atoms with van der Waals surface area (Å²) in [5.74, 6) is -0.0323. The van der Waals surface area contributed by atoms with Gasteiger partial charge in [0, 0.05) is 36.4 Å². The highest BCUT2D eigenvalue weighted by molar-refractivity contribution is 6.20. The third kappa shape index (κ3) is 4.91. The molecular formula is C20H30ClN3O2. The van der Waals surface area contributed by atoms with Crippen LogP contribution in [0.2, 0.25) is 0 Å². The van der Waals surface area contributed by atoms with Crippen molar-refractivity contribution in [2.75, 3.05) is 29.2 Å². The predicted octanol–water partition coefficient (Wildman–Crippen LogP) is 4.02. The van der Waals surface area contributed by atoms with Crippen LogP contribution in [0.1, 0.15) is 57.3 Å². The predicted molar refractivity (Wildman–Crippen MR) is 108 cm³/mol. The Hall–Kier alpha value is -1.75. The largest absolute Gasteiger partial charge is 0.371 e. The van der Waals surface area contributed by atoms with Crippen LogP contribution in [0.4, 0.5) is 11.4 Å². The lowest BCUT2D eigenvalue weighted by Gasteiger charge is -2.24. The lowest BCUT2D eigenvalue weighted by Crippen LogP contribution is -2.34. The molecule has 0 bridgehead atoms. The number of halogens is 1. The van der Waals surface area contributed by atoms with Gasteiger partial charge in [-0.15, -0.1) is 11.6 Å². The Balaban J connectivity index is 2.30. The van der Waals surface area contributed by atoms with Gasteiger partial charge in [-0.2, -0.15) is 0 Å². The van der Waals surface area contributed by atoms with Crippen LogP contribution in [0.25, 0.3) is 0 Å². The van der Waals surface area contributed by atoms with Crippen molar-refractivity contribution in [2.45, 2.75) is 53.0 Å². The second kappa shape index (κ2) is 8.76. The van der Waals surface area contributed by atoms with Crippen molar-refractivity contribution in [1.82, 2.24) is 5.32 Å². The molecule has 1 saturated heterocycles. The average Bonchev–Trinajstić information content (AvgIpc) is 3.15. The van der Waals surface area contributed by atoms with Crippen molar-refractivity contribution in [3.05, 3.63) is 23.8 Å². The lowest BCUT2D eigenvalue weighted by molar-refractivity contribution is -0.122. The molecule has 2 rings (SSSR count). The highest BCUT2D eigenvalue weighted by Gasteiger charge is 2.27. The summed E-state index contributed by atoms with van der Waals surface area (Å²) in [5, 5.41) is 5.92. The van der Waals surface area contributed by atoms with E-state index in [0.717, 1.165) is 38.0 Å². The minimum absolute atomic E-state index is 0.0994. The fraction of sp³-hybridized carbons (Fsp3) is 0.600. The second-order valence-electron chi connectivity index (χ2n) is 7.68. The molecular weight excluding hydrogens is 350 g/mol. The topological polar surface area (TPSA) is 61.4 Å². The standard InChI is InChI=1S/C20H30ClN3O2/c1-5-14(2)22-18(25)16-12-15(23-19(26)20(3,4)13-21)8-9-17(16)24-10-6-7-11-24/h8-9,12,14H,5-7,10-11,13H2,1-4H3,(H,22,25)(H,23,26). The number of nitrogens with zero attached hydrogens (tertiary/aromatic N) is 1. The van der Waals surface area contributed by atoms with Gasteiger partial charge in [-0.1, -0.05) is 6.92 Å². The zero-order valence-corrected chi connectivity index (χ0v) is 16.9. The summed E-state index contributed by atoms with van der Waals surface area (Å²) < 4.78 is 0. The molecule has 0 aliphatic carbocycles. The van der Waals surface area contributed by atoms with Crippen molar-refractivity contribution in [2.24, 2.45) is 5.41 Å². The van der Waals surface area contributed by atoms with E-state index in [4.69, 9.17) is 11.6 Å². The van der Waals surface area contributed by atoms with Crippen LogP contribution in [0.3, 0.4) is 0 Å². The number of hydrogen-bond acceptors (Lipinski definition) is 3. The molecule has 2 amide bonds. The molecule has 6 heteroatoms. The minimum Gasteiger partial charge on any atom is -0.371 e. The molecule has 1 aliphatic heterocycles. The number of anilines is 2. The molecule has 0 aromatic heterocycles. The summed E-state index contributed by atoms with van der Waals surface area (Å²) in [6.07, 6.45) is 3.13. The summed E-state index contributed by atoms with van der Waals surface area (Å²) in [7, 11) is 0. The van der Waals surface area contributed by atoms with E-state index in [9.17, 15) is 9.59 Å². The Morgan fingerprint density at radius 1 is 1.27 bits per heavy atom. The number of alkyl halides is 1. The summed E-state index contributed by atoms with van der Waals surface area (Å²) in [5.41, 5.74) is 1.48. The Morgan fingerprint density at radius 2 is 1.92 bits per heavy atom. The van der Waals surface area contributed by atoms with Crippen molar-refractivity contribution in [1.29, 1.82) is 0 Å². The molecule has 1 atom stereocenters. The van der Waals surface area contributed by atoms with E-state index < -0.39 is 5.41 Å². The molecule has 1 aliphatic rings. The first-order chi connectivity index (χ1) is 12.3. The Kier molecular flexibility index (Phi) is 6.93. The molecule has 5 nitrogen and oxygen atoms in total. The van der Waals surface area contributed by atoms with Gasteiger partial charge >= 0.3 is 0 Å². The molecule has 144 valence electrons. The van der Waals surface area contributed by atoms with E-state index >= 15 is 0 Å². The first kappa shape index (κ1) is 20.6. The molecule has 2 N–H and O–H groups in total. The fourth-order valence-electron chi connectivity index (χ4n) is 2.79.